The van der Waals surface area contributed by atoms with Gasteiger partial charge in [-0.25, -0.2) is 4.39 Å². The Morgan fingerprint density at radius 1 is 1.24 bits per heavy atom. The highest BCUT2D eigenvalue weighted by molar-refractivity contribution is 6.31. The highest BCUT2D eigenvalue weighted by atomic mass is 35.5. The van der Waals surface area contributed by atoms with E-state index in [2.05, 4.69) is 5.32 Å². The number of hydrogen-bond acceptors (Lipinski definition) is 2. The van der Waals surface area contributed by atoms with Crippen LogP contribution in [-0.2, 0) is 4.79 Å². The van der Waals surface area contributed by atoms with E-state index in [-0.39, 0.29) is 11.7 Å². The van der Waals surface area contributed by atoms with Gasteiger partial charge in [-0.2, -0.15) is 0 Å². The van der Waals surface area contributed by atoms with Gasteiger partial charge in [0.2, 0.25) is 5.91 Å². The zero-order chi connectivity index (χ0) is 17.8. The average molecular weight is 367 g/mol. The van der Waals surface area contributed by atoms with Crippen molar-refractivity contribution in [2.75, 3.05) is 20.1 Å². The van der Waals surface area contributed by atoms with Crippen molar-refractivity contribution in [2.45, 2.75) is 56.9 Å². The number of benzene rings is 1. The molecular weight excluding hydrogens is 339 g/mol. The Balaban J connectivity index is 1.39. The van der Waals surface area contributed by atoms with Gasteiger partial charge in [-0.3, -0.25) is 4.79 Å². The number of halogens is 2. The Morgan fingerprint density at radius 2 is 2.00 bits per heavy atom. The van der Waals surface area contributed by atoms with Gasteiger partial charge in [0.15, 0.2) is 0 Å². The van der Waals surface area contributed by atoms with E-state index in [0.717, 1.165) is 43.8 Å². The molecule has 1 N–H and O–H groups in total. The van der Waals surface area contributed by atoms with Crippen LogP contribution in [0.5, 0.6) is 0 Å². The number of likely N-dealkylation sites (tertiary alicyclic amines) is 1. The minimum Gasteiger partial charge on any atom is -0.346 e. The second-order valence-corrected chi connectivity index (χ2v) is 8.04. The van der Waals surface area contributed by atoms with Gasteiger partial charge < -0.3 is 10.2 Å². The molecule has 3 rings (SSSR count). The van der Waals surface area contributed by atoms with E-state index in [4.69, 9.17) is 11.6 Å². The highest BCUT2D eigenvalue weighted by Gasteiger charge is 2.25. The molecule has 5 heteroatoms. The SMILES string of the molecule is CN1CCC(NCCC2CCC(c3ccc(F)cc3Cl)CC2)CC1=O. The molecule has 1 amide bonds. The summed E-state index contributed by atoms with van der Waals surface area (Å²) in [5, 5.41) is 4.13. The van der Waals surface area contributed by atoms with Crippen LogP contribution in [0.2, 0.25) is 5.02 Å². The van der Waals surface area contributed by atoms with Gasteiger partial charge in [0.25, 0.3) is 0 Å². The standard InChI is InChI=1S/C20H28ClFN2O/c1-24-11-9-17(13-20(24)25)23-10-8-14-2-4-15(5-3-14)18-7-6-16(22)12-19(18)21/h6-7,12,14-15,17,23H,2-5,8-11,13H2,1H3. The van der Waals surface area contributed by atoms with Crippen LogP contribution in [0.1, 0.15) is 56.4 Å². The smallest absolute Gasteiger partial charge is 0.223 e. The molecule has 0 spiro atoms. The highest BCUT2D eigenvalue weighted by Crippen LogP contribution is 2.39. The van der Waals surface area contributed by atoms with Crippen LogP contribution in [0.3, 0.4) is 0 Å². The predicted molar refractivity (Wildman–Crippen MR) is 99.4 cm³/mol. The maximum atomic E-state index is 13.2. The van der Waals surface area contributed by atoms with Crippen molar-refractivity contribution in [3.63, 3.8) is 0 Å². The number of nitrogens with one attached hydrogen (secondary N) is 1. The lowest BCUT2D eigenvalue weighted by atomic mass is 9.77. The Morgan fingerprint density at radius 3 is 2.68 bits per heavy atom. The molecule has 1 atom stereocenters. The Bertz CT molecular complexity index is 601. The Kier molecular flexibility index (Phi) is 6.34. The number of carbonyl (C=O) groups is 1. The van der Waals surface area contributed by atoms with Gasteiger partial charge in [-0.1, -0.05) is 17.7 Å². The molecule has 138 valence electrons. The van der Waals surface area contributed by atoms with Crippen molar-refractivity contribution >= 4 is 17.5 Å². The summed E-state index contributed by atoms with van der Waals surface area (Å²) in [5.74, 6) is 1.19. The van der Waals surface area contributed by atoms with Crippen LogP contribution in [0, 0.1) is 11.7 Å². The summed E-state index contributed by atoms with van der Waals surface area (Å²) in [6.45, 7) is 1.86. The van der Waals surface area contributed by atoms with Crippen molar-refractivity contribution in [1.29, 1.82) is 0 Å². The third-order valence-corrected chi connectivity index (χ3v) is 6.22. The first-order chi connectivity index (χ1) is 12.0. The molecule has 1 aromatic rings. The molecule has 2 aliphatic rings. The minimum atomic E-state index is -0.263. The lowest BCUT2D eigenvalue weighted by Crippen LogP contribution is -2.44. The maximum Gasteiger partial charge on any atom is 0.223 e. The fourth-order valence-electron chi connectivity index (χ4n) is 4.20. The van der Waals surface area contributed by atoms with E-state index in [1.165, 1.54) is 31.4 Å². The van der Waals surface area contributed by atoms with Crippen molar-refractivity contribution in [3.8, 4) is 0 Å². The summed E-state index contributed by atoms with van der Waals surface area (Å²) in [7, 11) is 1.88. The van der Waals surface area contributed by atoms with Crippen molar-refractivity contribution in [1.82, 2.24) is 10.2 Å². The predicted octanol–water partition coefficient (Wildman–Crippen LogP) is 4.35. The number of piperidine rings is 1. The number of amides is 1. The van der Waals surface area contributed by atoms with E-state index in [9.17, 15) is 9.18 Å². The molecule has 0 bridgehead atoms. The Hall–Kier alpha value is -1.13. The fourth-order valence-corrected chi connectivity index (χ4v) is 4.52. The molecule has 1 unspecified atom stereocenters. The van der Waals surface area contributed by atoms with Gasteiger partial charge >= 0.3 is 0 Å². The number of carbonyl (C=O) groups excluding carboxylic acids is 1. The third kappa shape index (κ3) is 4.95. The van der Waals surface area contributed by atoms with Crippen molar-refractivity contribution in [3.05, 3.63) is 34.6 Å². The van der Waals surface area contributed by atoms with Crippen LogP contribution < -0.4 is 5.32 Å². The van der Waals surface area contributed by atoms with Gasteiger partial charge in [0, 0.05) is 31.1 Å². The molecule has 1 aliphatic carbocycles. The first-order valence-corrected chi connectivity index (χ1v) is 9.83. The molecule has 2 fully saturated rings. The van der Waals surface area contributed by atoms with E-state index < -0.39 is 0 Å². The largest absolute Gasteiger partial charge is 0.346 e. The summed E-state index contributed by atoms with van der Waals surface area (Å²) >= 11 is 6.21. The molecule has 1 saturated heterocycles. The first kappa shape index (κ1) is 18.7. The molecule has 1 aromatic carbocycles. The summed E-state index contributed by atoms with van der Waals surface area (Å²) in [4.78, 5) is 13.6. The normalized spacial score (nSPS) is 27.6. The van der Waals surface area contributed by atoms with Crippen LogP contribution in [0.25, 0.3) is 0 Å². The summed E-state index contributed by atoms with van der Waals surface area (Å²) in [5.41, 5.74) is 1.10. The third-order valence-electron chi connectivity index (χ3n) is 5.89. The number of hydrogen-bond donors (Lipinski definition) is 1. The lowest BCUT2D eigenvalue weighted by Gasteiger charge is -2.31. The van der Waals surface area contributed by atoms with E-state index in [1.807, 2.05) is 18.0 Å². The molecule has 25 heavy (non-hydrogen) atoms. The molecule has 1 saturated carbocycles. The summed E-state index contributed by atoms with van der Waals surface area (Å²) in [6.07, 6.45) is 7.51. The fraction of sp³-hybridized carbons (Fsp3) is 0.650. The topological polar surface area (TPSA) is 32.3 Å². The molecular formula is C20H28ClFN2O. The Labute approximate surface area is 154 Å². The maximum absolute atomic E-state index is 13.2. The van der Waals surface area contributed by atoms with Crippen LogP contribution in [0.4, 0.5) is 4.39 Å². The monoisotopic (exact) mass is 366 g/mol. The van der Waals surface area contributed by atoms with E-state index in [0.29, 0.717) is 23.4 Å². The van der Waals surface area contributed by atoms with Gasteiger partial charge in [0.1, 0.15) is 5.82 Å². The number of rotatable bonds is 5. The lowest BCUT2D eigenvalue weighted by molar-refractivity contribution is -0.132. The second-order valence-electron chi connectivity index (χ2n) is 7.63. The van der Waals surface area contributed by atoms with Crippen molar-refractivity contribution < 1.29 is 9.18 Å². The zero-order valence-electron chi connectivity index (χ0n) is 14.9. The molecule has 1 heterocycles. The summed E-state index contributed by atoms with van der Waals surface area (Å²) < 4.78 is 13.2. The van der Waals surface area contributed by atoms with E-state index >= 15 is 0 Å². The quantitative estimate of drug-likeness (QED) is 0.840. The van der Waals surface area contributed by atoms with Gasteiger partial charge in [0.05, 0.1) is 0 Å². The average Bonchev–Trinajstić information content (AvgIpc) is 2.59. The minimum absolute atomic E-state index is 0.250. The summed E-state index contributed by atoms with van der Waals surface area (Å²) in [6, 6.07) is 5.13. The van der Waals surface area contributed by atoms with Crippen LogP contribution in [0.15, 0.2) is 18.2 Å². The first-order valence-electron chi connectivity index (χ1n) is 9.45. The zero-order valence-corrected chi connectivity index (χ0v) is 15.7. The van der Waals surface area contributed by atoms with Crippen LogP contribution in [-0.4, -0.2) is 37.0 Å². The molecule has 0 radical (unpaired) electrons. The molecule has 0 aromatic heterocycles. The van der Waals surface area contributed by atoms with Crippen molar-refractivity contribution in [2.24, 2.45) is 5.92 Å². The van der Waals surface area contributed by atoms with Crippen LogP contribution >= 0.6 is 11.6 Å². The molecule has 1 aliphatic heterocycles. The molecule has 3 nitrogen and oxygen atoms in total. The van der Waals surface area contributed by atoms with E-state index in [1.54, 1.807) is 0 Å². The second kappa shape index (κ2) is 8.50. The number of nitrogens with zero attached hydrogens (tertiary/aromatic N) is 1. The van der Waals surface area contributed by atoms with Gasteiger partial charge in [-0.05, 0) is 74.6 Å². The van der Waals surface area contributed by atoms with Gasteiger partial charge in [-0.15, -0.1) is 0 Å².